The lowest BCUT2D eigenvalue weighted by atomic mass is 9.85. The summed E-state index contributed by atoms with van der Waals surface area (Å²) in [5.41, 5.74) is 17.2. The Labute approximate surface area is 340 Å². The van der Waals surface area contributed by atoms with Crippen LogP contribution in [0.1, 0.15) is 0 Å². The summed E-state index contributed by atoms with van der Waals surface area (Å²) >= 11 is 1.73. The zero-order valence-corrected chi connectivity index (χ0v) is 32.1. The van der Waals surface area contributed by atoms with Crippen molar-refractivity contribution in [2.45, 2.75) is 0 Å². The maximum absolute atomic E-state index is 5.27. The fourth-order valence-electron chi connectivity index (χ4n) is 8.06. The molecule has 3 heterocycles. The zero-order valence-electron chi connectivity index (χ0n) is 31.3. The Balaban J connectivity index is 1.17. The van der Waals surface area contributed by atoms with Gasteiger partial charge in [-0.3, -0.25) is 4.40 Å². The van der Waals surface area contributed by atoms with E-state index in [0.29, 0.717) is 5.82 Å². The minimum Gasteiger partial charge on any atom is -0.283 e. The molecule has 0 radical (unpaired) electrons. The van der Waals surface area contributed by atoms with Crippen molar-refractivity contribution in [2.75, 3.05) is 0 Å². The van der Waals surface area contributed by atoms with Gasteiger partial charge in [-0.15, -0.1) is 0 Å². The molecule has 0 saturated heterocycles. The highest BCUT2D eigenvalue weighted by Crippen LogP contribution is 2.45. The molecule has 272 valence electrons. The third kappa shape index (κ3) is 6.06. The Hall–Kier alpha value is -7.47. The molecule has 0 aliphatic heterocycles. The quantitative estimate of drug-likeness (QED) is 0.163. The van der Waals surface area contributed by atoms with Gasteiger partial charge in [0.15, 0.2) is 10.8 Å². The smallest absolute Gasteiger partial charge is 0.195 e. The molecule has 0 aliphatic rings. The van der Waals surface area contributed by atoms with Gasteiger partial charge in [0.1, 0.15) is 0 Å². The van der Waals surface area contributed by atoms with Crippen molar-refractivity contribution in [2.24, 2.45) is 0 Å². The van der Waals surface area contributed by atoms with Gasteiger partial charge in [0.2, 0.25) is 0 Å². The normalized spacial score (nSPS) is 11.4. The summed E-state index contributed by atoms with van der Waals surface area (Å²) in [5, 5.41) is 0. The van der Waals surface area contributed by atoms with E-state index in [2.05, 4.69) is 186 Å². The molecule has 0 spiro atoms. The third-order valence-electron chi connectivity index (χ3n) is 10.9. The lowest BCUT2D eigenvalue weighted by Crippen LogP contribution is -1.98. The Bertz CT molecular complexity index is 3130. The van der Waals surface area contributed by atoms with Gasteiger partial charge < -0.3 is 0 Å². The number of benzene rings is 8. The van der Waals surface area contributed by atoms with Gasteiger partial charge in [0.05, 0.1) is 32.6 Å². The molecule has 11 rings (SSSR count). The first kappa shape index (κ1) is 33.8. The lowest BCUT2D eigenvalue weighted by molar-refractivity contribution is 1.18. The predicted octanol–water partition coefficient (Wildman–Crippen LogP) is 14.2. The summed E-state index contributed by atoms with van der Waals surface area (Å²) in [6, 6.07) is 72.9. The van der Waals surface area contributed by atoms with Crippen LogP contribution in [0.2, 0.25) is 0 Å². The Morgan fingerprint density at radius 2 is 0.845 bits per heavy atom. The van der Waals surface area contributed by atoms with Crippen LogP contribution >= 0.6 is 11.3 Å². The molecule has 0 saturated carbocycles. The average Bonchev–Trinajstić information content (AvgIpc) is 3.85. The summed E-state index contributed by atoms with van der Waals surface area (Å²) in [5.74, 6) is 0.692. The molecule has 4 nitrogen and oxygen atoms in total. The first-order chi connectivity index (χ1) is 28.7. The van der Waals surface area contributed by atoms with Crippen LogP contribution in [0, 0.1) is 0 Å². The molecule has 5 heteroatoms. The minimum atomic E-state index is 0.692. The summed E-state index contributed by atoms with van der Waals surface area (Å²) in [6.07, 6.45) is 0. The van der Waals surface area contributed by atoms with Crippen LogP contribution < -0.4 is 0 Å². The first-order valence-corrected chi connectivity index (χ1v) is 20.2. The fourth-order valence-corrected chi connectivity index (χ4v) is 9.08. The van der Waals surface area contributed by atoms with Crippen molar-refractivity contribution >= 4 is 37.5 Å². The molecular formula is C53H34N4S. The molecule has 0 fully saturated rings. The van der Waals surface area contributed by atoms with Gasteiger partial charge in [-0.25, -0.2) is 15.0 Å². The van der Waals surface area contributed by atoms with Crippen LogP contribution in [0.5, 0.6) is 0 Å². The largest absolute Gasteiger partial charge is 0.283 e. The van der Waals surface area contributed by atoms with Crippen molar-refractivity contribution in [1.82, 2.24) is 19.4 Å². The highest BCUT2D eigenvalue weighted by Gasteiger charge is 2.21. The number of aromatic nitrogens is 4. The van der Waals surface area contributed by atoms with Crippen molar-refractivity contribution in [1.29, 1.82) is 0 Å². The average molecular weight is 759 g/mol. The van der Waals surface area contributed by atoms with Crippen molar-refractivity contribution in [3.8, 4) is 78.4 Å². The molecule has 0 N–H and O–H groups in total. The van der Waals surface area contributed by atoms with E-state index in [-0.39, 0.29) is 0 Å². The van der Waals surface area contributed by atoms with E-state index in [1.807, 2.05) is 24.3 Å². The summed E-state index contributed by atoms with van der Waals surface area (Å²) in [7, 11) is 0. The molecule has 0 bridgehead atoms. The number of imidazole rings is 1. The van der Waals surface area contributed by atoms with Crippen LogP contribution in [-0.4, -0.2) is 19.4 Å². The van der Waals surface area contributed by atoms with E-state index in [0.717, 1.165) is 83.0 Å². The minimum absolute atomic E-state index is 0.692. The van der Waals surface area contributed by atoms with Gasteiger partial charge in [-0.05, 0) is 87.0 Å². The number of thiazole rings is 1. The topological polar surface area (TPSA) is 43.1 Å². The molecular weight excluding hydrogens is 725 g/mol. The van der Waals surface area contributed by atoms with Crippen molar-refractivity contribution in [3.63, 3.8) is 0 Å². The highest BCUT2D eigenvalue weighted by atomic mass is 32.1. The van der Waals surface area contributed by atoms with E-state index in [4.69, 9.17) is 15.0 Å². The van der Waals surface area contributed by atoms with Gasteiger partial charge in [0, 0.05) is 16.7 Å². The molecule has 0 amide bonds. The summed E-state index contributed by atoms with van der Waals surface area (Å²) in [6.45, 7) is 0. The second-order valence-corrected chi connectivity index (χ2v) is 15.5. The SMILES string of the molecule is c1ccc(-c2ccc3sc4nc5ccc(-c6c(-c7ccccc7)cc(-c7cc(-c8ccccc8)nc(-c8ccccc8)n7)cc6-c6ccccc6)cc5n4c3c2)cc1. The van der Waals surface area contributed by atoms with Crippen LogP contribution in [-0.2, 0) is 0 Å². The second-order valence-electron chi connectivity index (χ2n) is 14.5. The molecule has 0 unspecified atom stereocenters. The number of rotatable bonds is 7. The van der Waals surface area contributed by atoms with Gasteiger partial charge in [-0.1, -0.05) is 175 Å². The zero-order chi connectivity index (χ0) is 38.4. The van der Waals surface area contributed by atoms with Crippen LogP contribution in [0.3, 0.4) is 0 Å². The maximum atomic E-state index is 5.27. The lowest BCUT2D eigenvalue weighted by Gasteiger charge is -2.19. The molecule has 0 aliphatic carbocycles. The standard InChI is InChI=1S/C53H34N4S/c1-6-16-35(17-7-1)40-27-29-50-49(32-40)57-48-33-41(26-28-45(48)56-53(57)58-50)51-43(36-18-8-2-9-19-36)30-42(31-44(51)37-20-10-3-11-21-37)47-34-46(38-22-12-4-13-23-38)54-52(55-47)39-24-14-5-15-25-39/h1-34H. The fraction of sp³-hybridized carbons (Fsp3) is 0. The van der Waals surface area contributed by atoms with E-state index >= 15 is 0 Å². The third-order valence-corrected chi connectivity index (χ3v) is 11.9. The highest BCUT2D eigenvalue weighted by molar-refractivity contribution is 7.23. The number of fused-ring (bicyclic) bond motifs is 5. The maximum Gasteiger partial charge on any atom is 0.195 e. The number of nitrogens with zero attached hydrogens (tertiary/aromatic N) is 4. The Morgan fingerprint density at radius 1 is 0.345 bits per heavy atom. The van der Waals surface area contributed by atoms with E-state index in [1.54, 1.807) is 11.3 Å². The molecule has 58 heavy (non-hydrogen) atoms. The van der Waals surface area contributed by atoms with Crippen molar-refractivity contribution in [3.05, 3.63) is 206 Å². The second kappa shape index (κ2) is 14.2. The molecule has 0 atom stereocenters. The van der Waals surface area contributed by atoms with E-state index < -0.39 is 0 Å². The number of hydrogen-bond donors (Lipinski definition) is 0. The van der Waals surface area contributed by atoms with Gasteiger partial charge in [-0.2, -0.15) is 0 Å². The Morgan fingerprint density at radius 3 is 1.45 bits per heavy atom. The van der Waals surface area contributed by atoms with Crippen LogP contribution in [0.25, 0.3) is 105 Å². The molecule has 11 aromatic rings. The van der Waals surface area contributed by atoms with Crippen molar-refractivity contribution < 1.29 is 0 Å². The predicted molar refractivity (Wildman–Crippen MR) is 242 cm³/mol. The Kier molecular flexibility index (Phi) is 8.30. The molecule has 8 aromatic carbocycles. The monoisotopic (exact) mass is 758 g/mol. The van der Waals surface area contributed by atoms with Crippen LogP contribution in [0.15, 0.2) is 206 Å². The van der Waals surface area contributed by atoms with E-state index in [1.165, 1.54) is 15.8 Å². The molecule has 3 aromatic heterocycles. The summed E-state index contributed by atoms with van der Waals surface area (Å²) in [4.78, 5) is 16.5. The van der Waals surface area contributed by atoms with Gasteiger partial charge in [0.25, 0.3) is 0 Å². The van der Waals surface area contributed by atoms with Gasteiger partial charge >= 0.3 is 0 Å². The van der Waals surface area contributed by atoms with Crippen LogP contribution in [0.4, 0.5) is 0 Å². The number of hydrogen-bond acceptors (Lipinski definition) is 4. The first-order valence-electron chi connectivity index (χ1n) is 19.4. The summed E-state index contributed by atoms with van der Waals surface area (Å²) < 4.78 is 3.55. The van der Waals surface area contributed by atoms with E-state index in [9.17, 15) is 0 Å².